The number of piperidine rings is 1. The molecule has 2 aromatic rings. The summed E-state index contributed by atoms with van der Waals surface area (Å²) in [6.45, 7) is 1.95. The number of likely N-dealkylation sites (N-methyl/N-ethyl adjacent to an activating group) is 1. The third-order valence-electron chi connectivity index (χ3n) is 4.77. The fourth-order valence-electron chi connectivity index (χ4n) is 3.23. The van der Waals surface area contributed by atoms with Crippen molar-refractivity contribution in [3.63, 3.8) is 0 Å². The van der Waals surface area contributed by atoms with Crippen molar-refractivity contribution < 1.29 is 0 Å². The monoisotopic (exact) mass is 414 g/mol. The van der Waals surface area contributed by atoms with Gasteiger partial charge in [-0.05, 0) is 53.0 Å². The molecule has 7 heteroatoms. The lowest BCUT2D eigenvalue weighted by Crippen LogP contribution is -2.47. The Morgan fingerprint density at radius 1 is 1.27 bits per heavy atom. The smallest absolute Gasteiger partial charge is 0.226 e. The van der Waals surface area contributed by atoms with Crippen molar-refractivity contribution in [1.29, 1.82) is 5.26 Å². The summed E-state index contributed by atoms with van der Waals surface area (Å²) in [5, 5.41) is 9.11. The van der Waals surface area contributed by atoms with Crippen molar-refractivity contribution >= 4 is 33.4 Å². The summed E-state index contributed by atoms with van der Waals surface area (Å²) in [6, 6.07) is 10.5. The van der Waals surface area contributed by atoms with E-state index in [4.69, 9.17) is 5.26 Å². The lowest BCUT2D eigenvalue weighted by molar-refractivity contribution is 0.486. The van der Waals surface area contributed by atoms with E-state index >= 15 is 0 Å². The third kappa shape index (κ3) is 3.91. The predicted octanol–water partition coefficient (Wildman–Crippen LogP) is 3.28. The van der Waals surface area contributed by atoms with E-state index in [-0.39, 0.29) is 0 Å². The van der Waals surface area contributed by atoms with Crippen molar-refractivity contribution in [2.45, 2.75) is 18.9 Å². The fraction of sp³-hybridized carbons (Fsp3) is 0.421. The number of benzene rings is 1. The third-order valence-corrected chi connectivity index (χ3v) is 5.43. The van der Waals surface area contributed by atoms with Crippen LogP contribution >= 0.6 is 15.9 Å². The van der Waals surface area contributed by atoms with Gasteiger partial charge in [-0.25, -0.2) is 4.98 Å². The van der Waals surface area contributed by atoms with E-state index in [0.29, 0.717) is 11.6 Å². The summed E-state index contributed by atoms with van der Waals surface area (Å²) < 4.78 is 0.847. The molecule has 0 radical (unpaired) electrons. The molecule has 1 atom stereocenters. The molecule has 136 valence electrons. The highest BCUT2D eigenvalue weighted by Crippen LogP contribution is 2.28. The molecule has 1 fully saturated rings. The average Bonchev–Trinajstić information content (AvgIpc) is 2.67. The van der Waals surface area contributed by atoms with Gasteiger partial charge in [0.25, 0.3) is 0 Å². The molecule has 1 aliphatic rings. The number of nitriles is 1. The van der Waals surface area contributed by atoms with E-state index in [1.54, 1.807) is 0 Å². The first-order valence-electron chi connectivity index (χ1n) is 8.67. The Morgan fingerprint density at radius 3 is 2.77 bits per heavy atom. The standard InChI is InChI=1S/C19H23BrN6/c1-24(2)19-22-9-8-18(23-19)25(3)16-5-4-10-26(13-16)15-7-6-14(12-21)17(20)11-15/h6-9,11,16H,4-5,10,13H2,1-3H3. The molecule has 1 unspecified atom stereocenters. The molecule has 1 aliphatic heterocycles. The second-order valence-corrected chi connectivity index (χ2v) is 7.59. The highest BCUT2D eigenvalue weighted by atomic mass is 79.9. The summed E-state index contributed by atoms with van der Waals surface area (Å²) in [4.78, 5) is 15.5. The molecular formula is C19H23BrN6. The molecule has 0 amide bonds. The molecular weight excluding hydrogens is 392 g/mol. The van der Waals surface area contributed by atoms with Crippen molar-refractivity contribution in [3.05, 3.63) is 40.5 Å². The first-order valence-corrected chi connectivity index (χ1v) is 9.46. The predicted molar refractivity (Wildman–Crippen MR) is 109 cm³/mol. The van der Waals surface area contributed by atoms with Gasteiger partial charge in [0, 0.05) is 56.6 Å². The van der Waals surface area contributed by atoms with Gasteiger partial charge in [-0.2, -0.15) is 10.2 Å². The van der Waals surface area contributed by atoms with E-state index in [1.807, 2.05) is 49.5 Å². The molecule has 2 heterocycles. The minimum atomic E-state index is 0.378. The van der Waals surface area contributed by atoms with Gasteiger partial charge in [0.15, 0.2) is 0 Å². The number of hydrogen-bond donors (Lipinski definition) is 0. The Morgan fingerprint density at radius 2 is 2.08 bits per heavy atom. The minimum absolute atomic E-state index is 0.378. The zero-order valence-corrected chi connectivity index (χ0v) is 16.9. The second-order valence-electron chi connectivity index (χ2n) is 6.74. The van der Waals surface area contributed by atoms with Gasteiger partial charge in [-0.1, -0.05) is 0 Å². The summed E-state index contributed by atoms with van der Waals surface area (Å²) in [6.07, 6.45) is 4.07. The van der Waals surface area contributed by atoms with Crippen LogP contribution in [0.15, 0.2) is 34.9 Å². The molecule has 1 aromatic carbocycles. The van der Waals surface area contributed by atoms with E-state index in [1.165, 1.54) is 0 Å². The quantitative estimate of drug-likeness (QED) is 0.764. The Hall–Kier alpha value is -2.33. The maximum atomic E-state index is 9.11. The molecule has 0 saturated carbocycles. The van der Waals surface area contributed by atoms with Crippen molar-refractivity contribution in [3.8, 4) is 6.07 Å². The molecule has 1 aromatic heterocycles. The molecule has 6 nitrogen and oxygen atoms in total. The molecule has 0 spiro atoms. The van der Waals surface area contributed by atoms with Crippen molar-refractivity contribution in [2.75, 3.05) is 48.9 Å². The zero-order chi connectivity index (χ0) is 18.7. The van der Waals surface area contributed by atoms with E-state index < -0.39 is 0 Å². The lowest BCUT2D eigenvalue weighted by Gasteiger charge is -2.39. The first kappa shape index (κ1) is 18.5. The average molecular weight is 415 g/mol. The van der Waals surface area contributed by atoms with Gasteiger partial charge >= 0.3 is 0 Å². The van der Waals surface area contributed by atoms with Crippen LogP contribution in [0.25, 0.3) is 0 Å². The normalized spacial score (nSPS) is 16.9. The van der Waals surface area contributed by atoms with Crippen LogP contribution in [0, 0.1) is 11.3 Å². The molecule has 3 rings (SSSR count). The van der Waals surface area contributed by atoms with Gasteiger partial charge in [-0.15, -0.1) is 0 Å². The lowest BCUT2D eigenvalue weighted by atomic mass is 10.0. The number of aromatic nitrogens is 2. The van der Waals surface area contributed by atoms with Crippen LogP contribution in [0.3, 0.4) is 0 Å². The van der Waals surface area contributed by atoms with Crippen LogP contribution < -0.4 is 14.7 Å². The fourth-order valence-corrected chi connectivity index (χ4v) is 3.69. The Kier molecular flexibility index (Phi) is 5.62. The van der Waals surface area contributed by atoms with Gasteiger partial charge in [0.2, 0.25) is 5.95 Å². The van der Waals surface area contributed by atoms with Gasteiger partial charge in [-0.3, -0.25) is 0 Å². The molecule has 0 bridgehead atoms. The minimum Gasteiger partial charge on any atom is -0.369 e. The molecule has 1 saturated heterocycles. The van der Waals surface area contributed by atoms with E-state index in [2.05, 4.69) is 48.8 Å². The highest BCUT2D eigenvalue weighted by Gasteiger charge is 2.25. The Balaban J connectivity index is 1.77. The zero-order valence-electron chi connectivity index (χ0n) is 15.4. The van der Waals surface area contributed by atoms with E-state index in [9.17, 15) is 0 Å². The van der Waals surface area contributed by atoms with Crippen LogP contribution in [0.5, 0.6) is 0 Å². The number of hydrogen-bond acceptors (Lipinski definition) is 6. The maximum absolute atomic E-state index is 9.11. The number of anilines is 3. The summed E-state index contributed by atoms with van der Waals surface area (Å²) >= 11 is 3.49. The molecule has 26 heavy (non-hydrogen) atoms. The van der Waals surface area contributed by atoms with Gasteiger partial charge in [0.05, 0.1) is 5.56 Å². The number of rotatable bonds is 4. The Bertz CT molecular complexity index is 816. The van der Waals surface area contributed by atoms with E-state index in [0.717, 1.165) is 47.9 Å². The Labute approximate surface area is 163 Å². The van der Waals surface area contributed by atoms with Crippen LogP contribution in [-0.4, -0.2) is 50.2 Å². The first-order chi connectivity index (χ1) is 12.5. The topological polar surface area (TPSA) is 59.3 Å². The van der Waals surface area contributed by atoms with Crippen molar-refractivity contribution in [2.24, 2.45) is 0 Å². The maximum Gasteiger partial charge on any atom is 0.226 e. The van der Waals surface area contributed by atoms with Crippen molar-refractivity contribution in [1.82, 2.24) is 9.97 Å². The molecule has 0 aliphatic carbocycles. The number of halogens is 1. The summed E-state index contributed by atoms with van der Waals surface area (Å²) in [5.41, 5.74) is 1.81. The highest BCUT2D eigenvalue weighted by molar-refractivity contribution is 9.10. The largest absolute Gasteiger partial charge is 0.369 e. The summed E-state index contributed by atoms with van der Waals surface area (Å²) in [7, 11) is 6.00. The van der Waals surface area contributed by atoms with Gasteiger partial charge < -0.3 is 14.7 Å². The van der Waals surface area contributed by atoms with Crippen LogP contribution in [-0.2, 0) is 0 Å². The number of nitrogens with zero attached hydrogens (tertiary/aromatic N) is 6. The molecule has 0 N–H and O–H groups in total. The van der Waals surface area contributed by atoms with Gasteiger partial charge in [0.1, 0.15) is 11.9 Å². The van der Waals surface area contributed by atoms with Crippen LogP contribution in [0.1, 0.15) is 18.4 Å². The van der Waals surface area contributed by atoms with Crippen LogP contribution in [0.2, 0.25) is 0 Å². The second kappa shape index (κ2) is 7.92. The SMILES string of the molecule is CN(C)c1nccc(N(C)C2CCCN(c3ccc(C#N)c(Br)c3)C2)n1. The summed E-state index contributed by atoms with van der Waals surface area (Å²) in [5.74, 6) is 1.66. The van der Waals surface area contributed by atoms with Crippen LogP contribution in [0.4, 0.5) is 17.5 Å².